The first-order valence-corrected chi connectivity index (χ1v) is 13.6. The summed E-state index contributed by atoms with van der Waals surface area (Å²) in [5.41, 5.74) is 7.24. The largest absolute Gasteiger partial charge is 0.355 e. The van der Waals surface area contributed by atoms with E-state index >= 15 is 0 Å². The zero-order chi connectivity index (χ0) is 25.5. The van der Waals surface area contributed by atoms with Crippen molar-refractivity contribution < 1.29 is 0 Å². The van der Waals surface area contributed by atoms with E-state index < -0.39 is 0 Å². The quantitative estimate of drug-likeness (QED) is 0.246. The average molecular weight is 491 g/mol. The van der Waals surface area contributed by atoms with Gasteiger partial charge in [0, 0.05) is 38.9 Å². The number of benzene rings is 6. The van der Waals surface area contributed by atoms with Gasteiger partial charge in [-0.1, -0.05) is 80.1 Å². The van der Waals surface area contributed by atoms with E-state index in [9.17, 15) is 0 Å². The van der Waals surface area contributed by atoms with Crippen LogP contribution in [0.3, 0.4) is 0 Å². The number of aryl methyl sites for hydroxylation is 1. The van der Waals surface area contributed by atoms with E-state index in [0.717, 1.165) is 23.5 Å². The first-order chi connectivity index (χ1) is 18.8. The minimum atomic E-state index is 1.12. The van der Waals surface area contributed by atoms with E-state index in [1.54, 1.807) is 0 Å². The molecule has 0 saturated carbocycles. The van der Waals surface area contributed by atoms with Crippen LogP contribution >= 0.6 is 0 Å². The van der Waals surface area contributed by atoms with E-state index in [2.05, 4.69) is 138 Å². The van der Waals surface area contributed by atoms with Crippen LogP contribution in [0, 0.1) is 0 Å². The first kappa shape index (κ1) is 22.6. The van der Waals surface area contributed by atoms with Gasteiger partial charge in [-0.3, -0.25) is 0 Å². The molecule has 1 aromatic heterocycles. The number of aromatic amines is 1. The molecule has 0 radical (unpaired) electrons. The van der Waals surface area contributed by atoms with E-state index in [1.165, 1.54) is 61.8 Å². The molecular weight excluding hydrogens is 460 g/mol. The summed E-state index contributed by atoms with van der Waals surface area (Å²) in [4.78, 5) is 6.02. The minimum absolute atomic E-state index is 1.12. The standard InChI is InChI=1S/C36H30N2/c1-2-3-8-25-13-19-35-33(21-25)34-24-32(18-20-36(34)37-35)38(30-16-14-26-9-4-6-11-28(26)22-30)31-17-15-27-10-5-7-12-29(27)23-31/h4-7,9-24,37H,2-3,8H2,1H3. The highest BCUT2D eigenvalue weighted by molar-refractivity contribution is 6.09. The molecule has 0 fully saturated rings. The van der Waals surface area contributed by atoms with E-state index in [4.69, 9.17) is 0 Å². The normalized spacial score (nSPS) is 11.6. The van der Waals surface area contributed by atoms with Gasteiger partial charge in [-0.25, -0.2) is 0 Å². The monoisotopic (exact) mass is 490 g/mol. The Kier molecular flexibility index (Phi) is 5.59. The van der Waals surface area contributed by atoms with E-state index in [-0.39, 0.29) is 0 Å². The number of hydrogen-bond acceptors (Lipinski definition) is 1. The summed E-state index contributed by atoms with van der Waals surface area (Å²) < 4.78 is 0. The second-order valence-corrected chi connectivity index (χ2v) is 10.2. The van der Waals surface area contributed by atoms with Gasteiger partial charge in [0.15, 0.2) is 0 Å². The van der Waals surface area contributed by atoms with Crippen molar-refractivity contribution in [2.75, 3.05) is 4.90 Å². The highest BCUT2D eigenvalue weighted by atomic mass is 15.1. The molecule has 0 spiro atoms. The molecule has 0 atom stereocenters. The maximum atomic E-state index is 3.64. The molecule has 2 heteroatoms. The number of anilines is 3. The number of nitrogens with zero attached hydrogens (tertiary/aromatic N) is 1. The predicted molar refractivity (Wildman–Crippen MR) is 164 cm³/mol. The van der Waals surface area contributed by atoms with Crippen LogP contribution in [0.2, 0.25) is 0 Å². The van der Waals surface area contributed by atoms with Crippen LogP contribution in [0.1, 0.15) is 25.3 Å². The number of aromatic nitrogens is 1. The molecule has 6 aromatic carbocycles. The van der Waals surface area contributed by atoms with Crippen LogP contribution in [0.25, 0.3) is 43.4 Å². The summed E-state index contributed by atoms with van der Waals surface area (Å²) >= 11 is 0. The highest BCUT2D eigenvalue weighted by Crippen LogP contribution is 2.39. The topological polar surface area (TPSA) is 19.0 Å². The van der Waals surface area contributed by atoms with Crippen LogP contribution < -0.4 is 4.90 Å². The van der Waals surface area contributed by atoms with Gasteiger partial charge in [0.2, 0.25) is 0 Å². The molecular formula is C36H30N2. The molecule has 0 unspecified atom stereocenters. The Bertz CT molecular complexity index is 1850. The molecule has 0 saturated heterocycles. The molecule has 7 aromatic rings. The van der Waals surface area contributed by atoms with Crippen molar-refractivity contribution in [2.24, 2.45) is 0 Å². The fourth-order valence-electron chi connectivity index (χ4n) is 5.69. The van der Waals surface area contributed by atoms with Gasteiger partial charge in [0.1, 0.15) is 0 Å². The molecule has 0 aliphatic rings. The van der Waals surface area contributed by atoms with Gasteiger partial charge in [0.05, 0.1) is 0 Å². The smallest absolute Gasteiger partial charge is 0.0469 e. The van der Waals surface area contributed by atoms with Gasteiger partial charge in [-0.2, -0.15) is 0 Å². The minimum Gasteiger partial charge on any atom is -0.355 e. The van der Waals surface area contributed by atoms with E-state index in [1.807, 2.05) is 0 Å². The van der Waals surface area contributed by atoms with Crippen molar-refractivity contribution in [3.8, 4) is 0 Å². The number of fused-ring (bicyclic) bond motifs is 5. The third kappa shape index (κ3) is 3.99. The zero-order valence-electron chi connectivity index (χ0n) is 21.6. The van der Waals surface area contributed by atoms with Gasteiger partial charge in [-0.15, -0.1) is 0 Å². The lowest BCUT2D eigenvalue weighted by Crippen LogP contribution is -2.09. The molecule has 2 nitrogen and oxygen atoms in total. The Hall–Kier alpha value is -4.56. The third-order valence-corrected chi connectivity index (χ3v) is 7.71. The molecule has 1 heterocycles. The summed E-state index contributed by atoms with van der Waals surface area (Å²) in [6.07, 6.45) is 3.55. The zero-order valence-corrected chi connectivity index (χ0v) is 21.6. The summed E-state index contributed by atoms with van der Waals surface area (Å²) in [7, 11) is 0. The molecule has 38 heavy (non-hydrogen) atoms. The number of rotatable bonds is 6. The molecule has 0 bridgehead atoms. The lowest BCUT2D eigenvalue weighted by atomic mass is 10.0. The average Bonchev–Trinajstić information content (AvgIpc) is 3.33. The maximum Gasteiger partial charge on any atom is 0.0469 e. The Balaban J connectivity index is 1.43. The Morgan fingerprint density at radius 3 is 1.68 bits per heavy atom. The summed E-state index contributed by atoms with van der Waals surface area (Å²) in [6, 6.07) is 44.4. The molecule has 1 N–H and O–H groups in total. The van der Waals surface area contributed by atoms with Crippen molar-refractivity contribution in [3.63, 3.8) is 0 Å². The number of unbranched alkanes of at least 4 members (excludes halogenated alkanes) is 1. The molecule has 7 rings (SSSR count). The van der Waals surface area contributed by atoms with Crippen molar-refractivity contribution >= 4 is 60.4 Å². The summed E-state index contributed by atoms with van der Waals surface area (Å²) in [5, 5.41) is 7.55. The molecule has 0 aliphatic carbocycles. The molecule has 0 amide bonds. The Morgan fingerprint density at radius 2 is 1.05 bits per heavy atom. The van der Waals surface area contributed by atoms with Crippen LogP contribution in [-0.2, 0) is 6.42 Å². The lowest BCUT2D eigenvalue weighted by Gasteiger charge is -2.26. The van der Waals surface area contributed by atoms with E-state index in [0.29, 0.717) is 0 Å². The van der Waals surface area contributed by atoms with Crippen molar-refractivity contribution in [2.45, 2.75) is 26.2 Å². The van der Waals surface area contributed by atoms with Crippen molar-refractivity contribution in [3.05, 3.63) is 127 Å². The van der Waals surface area contributed by atoms with Gasteiger partial charge in [-0.05, 0) is 94.5 Å². The number of nitrogens with one attached hydrogen (secondary N) is 1. The third-order valence-electron chi connectivity index (χ3n) is 7.71. The van der Waals surface area contributed by atoms with Crippen LogP contribution in [-0.4, -0.2) is 4.98 Å². The highest BCUT2D eigenvalue weighted by Gasteiger charge is 2.16. The number of hydrogen-bond donors (Lipinski definition) is 1. The molecule has 184 valence electrons. The lowest BCUT2D eigenvalue weighted by molar-refractivity contribution is 0.796. The van der Waals surface area contributed by atoms with Crippen LogP contribution in [0.4, 0.5) is 17.1 Å². The fourth-order valence-corrected chi connectivity index (χ4v) is 5.69. The second kappa shape index (κ2) is 9.39. The fraction of sp³-hybridized carbons (Fsp3) is 0.111. The van der Waals surface area contributed by atoms with Gasteiger partial charge >= 0.3 is 0 Å². The van der Waals surface area contributed by atoms with Crippen LogP contribution in [0.15, 0.2) is 121 Å². The number of H-pyrrole nitrogens is 1. The van der Waals surface area contributed by atoms with Crippen LogP contribution in [0.5, 0.6) is 0 Å². The first-order valence-electron chi connectivity index (χ1n) is 13.6. The Morgan fingerprint density at radius 1 is 0.526 bits per heavy atom. The molecule has 0 aliphatic heterocycles. The van der Waals surface area contributed by atoms with Crippen molar-refractivity contribution in [1.29, 1.82) is 0 Å². The van der Waals surface area contributed by atoms with Gasteiger partial charge < -0.3 is 9.88 Å². The van der Waals surface area contributed by atoms with Crippen molar-refractivity contribution in [1.82, 2.24) is 4.98 Å². The second-order valence-electron chi connectivity index (χ2n) is 10.2. The maximum absolute atomic E-state index is 3.64. The predicted octanol–water partition coefficient (Wildman–Crippen LogP) is 10.4. The SMILES string of the molecule is CCCCc1ccc2[nH]c3ccc(N(c4ccc5ccccc5c4)c4ccc5ccccc5c4)cc3c2c1. The summed E-state index contributed by atoms with van der Waals surface area (Å²) in [5.74, 6) is 0. The van der Waals surface area contributed by atoms with Gasteiger partial charge in [0.25, 0.3) is 0 Å². The Labute approximate surface area is 223 Å². The summed E-state index contributed by atoms with van der Waals surface area (Å²) in [6.45, 7) is 2.25.